The number of nitrogens with two attached hydrogens (primary N) is 1. The number of anilines is 1. The fraction of sp³-hybridized carbons (Fsp3) is 0.348. The lowest BCUT2D eigenvalue weighted by molar-refractivity contribution is -0.123. The van der Waals surface area contributed by atoms with Crippen molar-refractivity contribution in [1.82, 2.24) is 4.31 Å². The van der Waals surface area contributed by atoms with E-state index in [1.165, 1.54) is 59.8 Å². The van der Waals surface area contributed by atoms with Crippen LogP contribution in [0.5, 0.6) is 0 Å². The van der Waals surface area contributed by atoms with E-state index in [-0.39, 0.29) is 10.5 Å². The third-order valence-corrected chi connectivity index (χ3v) is 7.30. The summed E-state index contributed by atoms with van der Waals surface area (Å²) in [6, 6.07) is 11.5. The second kappa shape index (κ2) is 10.6. The minimum atomic E-state index is -3.62. The molecule has 9 nitrogen and oxygen atoms in total. The number of hydrogen-bond donors (Lipinski definition) is 2. The summed E-state index contributed by atoms with van der Waals surface area (Å²) in [5, 5.41) is 2.58. The molecule has 2 amide bonds. The van der Waals surface area contributed by atoms with Crippen molar-refractivity contribution in [3.05, 3.63) is 59.7 Å². The van der Waals surface area contributed by atoms with Crippen LogP contribution in [0.15, 0.2) is 53.4 Å². The van der Waals surface area contributed by atoms with E-state index in [0.29, 0.717) is 24.3 Å². The predicted molar refractivity (Wildman–Crippen MR) is 122 cm³/mol. The zero-order valence-corrected chi connectivity index (χ0v) is 19.1. The summed E-state index contributed by atoms with van der Waals surface area (Å²) < 4.78 is 32.4. The number of sulfonamides is 1. The smallest absolute Gasteiger partial charge is 0.338 e. The van der Waals surface area contributed by atoms with Crippen LogP contribution in [0.1, 0.15) is 53.3 Å². The van der Waals surface area contributed by atoms with Gasteiger partial charge in [0.1, 0.15) is 0 Å². The van der Waals surface area contributed by atoms with Crippen molar-refractivity contribution in [2.24, 2.45) is 5.73 Å². The number of esters is 1. The van der Waals surface area contributed by atoms with Gasteiger partial charge in [0.25, 0.3) is 5.91 Å². The molecule has 1 unspecified atom stereocenters. The molecule has 10 heteroatoms. The Balaban J connectivity index is 1.60. The van der Waals surface area contributed by atoms with Gasteiger partial charge >= 0.3 is 5.97 Å². The number of hydrogen-bond acceptors (Lipinski definition) is 6. The Kier molecular flexibility index (Phi) is 7.83. The number of benzene rings is 2. The molecule has 1 atom stereocenters. The number of primary amides is 1. The van der Waals surface area contributed by atoms with Gasteiger partial charge in [-0.2, -0.15) is 4.31 Å². The maximum atomic E-state index is 12.9. The monoisotopic (exact) mass is 473 g/mol. The maximum Gasteiger partial charge on any atom is 0.338 e. The first-order chi connectivity index (χ1) is 15.7. The van der Waals surface area contributed by atoms with E-state index in [1.54, 1.807) is 0 Å². The van der Waals surface area contributed by atoms with Crippen LogP contribution >= 0.6 is 0 Å². The molecule has 1 saturated heterocycles. The van der Waals surface area contributed by atoms with Crippen LogP contribution in [0.3, 0.4) is 0 Å². The van der Waals surface area contributed by atoms with Gasteiger partial charge in [-0.1, -0.05) is 12.8 Å². The molecule has 1 heterocycles. The van der Waals surface area contributed by atoms with Crippen LogP contribution < -0.4 is 11.1 Å². The summed E-state index contributed by atoms with van der Waals surface area (Å²) >= 11 is 0. The van der Waals surface area contributed by atoms with Crippen LogP contribution in [0, 0.1) is 0 Å². The zero-order valence-electron chi connectivity index (χ0n) is 18.3. The Morgan fingerprint density at radius 3 is 2.00 bits per heavy atom. The molecule has 3 N–H and O–H groups in total. The maximum absolute atomic E-state index is 12.9. The Hall–Kier alpha value is -3.24. The molecular formula is C23H27N3O6S. The van der Waals surface area contributed by atoms with Gasteiger partial charge < -0.3 is 15.8 Å². The number of nitrogens with one attached hydrogen (secondary N) is 1. The van der Waals surface area contributed by atoms with Gasteiger partial charge in [0, 0.05) is 24.3 Å². The molecule has 2 aromatic rings. The third-order valence-electron chi connectivity index (χ3n) is 5.38. The molecular weight excluding hydrogens is 446 g/mol. The quantitative estimate of drug-likeness (QED) is 0.593. The van der Waals surface area contributed by atoms with E-state index in [9.17, 15) is 22.8 Å². The highest BCUT2D eigenvalue weighted by molar-refractivity contribution is 7.89. The molecule has 33 heavy (non-hydrogen) atoms. The highest BCUT2D eigenvalue weighted by Gasteiger charge is 2.26. The van der Waals surface area contributed by atoms with Crippen LogP contribution in [-0.2, 0) is 19.6 Å². The Labute approximate surface area is 193 Å². The number of rotatable bonds is 7. The number of ether oxygens (including phenoxy) is 1. The van der Waals surface area contributed by atoms with Gasteiger partial charge in [-0.25, -0.2) is 13.2 Å². The number of nitrogens with zero attached hydrogens (tertiary/aromatic N) is 1. The summed E-state index contributed by atoms with van der Waals surface area (Å²) in [5.74, 6) is -1.89. The molecule has 0 bridgehead atoms. The molecule has 1 aliphatic rings. The highest BCUT2D eigenvalue weighted by Crippen LogP contribution is 2.21. The lowest BCUT2D eigenvalue weighted by Crippen LogP contribution is -2.32. The lowest BCUT2D eigenvalue weighted by Gasteiger charge is -2.20. The van der Waals surface area contributed by atoms with Gasteiger partial charge in [-0.3, -0.25) is 9.59 Å². The first-order valence-electron chi connectivity index (χ1n) is 10.7. The number of carbonyl (C=O) groups excluding carboxylic acids is 3. The standard InChI is InChI=1S/C23H27N3O6S/c1-16(22(28)25-19-10-6-17(7-11-19)21(24)27)32-23(29)18-8-12-20(13-9-18)33(30,31)26-14-4-2-3-5-15-26/h6-13,16H,2-5,14-15H2,1H3,(H2,24,27)(H,25,28). The average Bonchev–Trinajstić information content (AvgIpc) is 3.09. The van der Waals surface area contributed by atoms with E-state index < -0.39 is 33.9 Å². The van der Waals surface area contributed by atoms with Crippen LogP contribution in [0.25, 0.3) is 0 Å². The van der Waals surface area contributed by atoms with E-state index in [1.807, 2.05) is 0 Å². The van der Waals surface area contributed by atoms with Crippen molar-refractivity contribution < 1.29 is 27.5 Å². The van der Waals surface area contributed by atoms with E-state index in [4.69, 9.17) is 10.5 Å². The van der Waals surface area contributed by atoms with E-state index >= 15 is 0 Å². The number of carbonyl (C=O) groups is 3. The molecule has 0 spiro atoms. The minimum Gasteiger partial charge on any atom is -0.449 e. The fourth-order valence-electron chi connectivity index (χ4n) is 3.44. The molecule has 0 saturated carbocycles. The van der Waals surface area contributed by atoms with E-state index in [0.717, 1.165) is 25.7 Å². The van der Waals surface area contributed by atoms with Gasteiger partial charge in [-0.05, 0) is 68.3 Å². The molecule has 176 valence electrons. The topological polar surface area (TPSA) is 136 Å². The lowest BCUT2D eigenvalue weighted by atomic mass is 10.2. The molecule has 1 fully saturated rings. The summed E-state index contributed by atoms with van der Waals surface area (Å²) in [4.78, 5) is 36.0. The second-order valence-electron chi connectivity index (χ2n) is 7.82. The van der Waals surface area contributed by atoms with Crippen molar-refractivity contribution in [3.63, 3.8) is 0 Å². The first-order valence-corrected chi connectivity index (χ1v) is 12.1. The van der Waals surface area contributed by atoms with E-state index in [2.05, 4.69) is 5.32 Å². The van der Waals surface area contributed by atoms with Gasteiger partial charge in [0.15, 0.2) is 6.10 Å². The second-order valence-corrected chi connectivity index (χ2v) is 9.76. The molecule has 0 radical (unpaired) electrons. The molecule has 3 rings (SSSR count). The normalized spacial score (nSPS) is 15.8. The first kappa shape index (κ1) is 24.4. The summed E-state index contributed by atoms with van der Waals surface area (Å²) in [5.41, 5.74) is 6.03. The fourth-order valence-corrected chi connectivity index (χ4v) is 4.96. The SMILES string of the molecule is CC(OC(=O)c1ccc(S(=O)(=O)N2CCCCCC2)cc1)C(=O)Nc1ccc(C(N)=O)cc1. The van der Waals surface area contributed by atoms with Crippen LogP contribution in [0.2, 0.25) is 0 Å². The van der Waals surface area contributed by atoms with Crippen molar-refractivity contribution >= 4 is 33.5 Å². The number of amides is 2. The third kappa shape index (κ3) is 6.17. The molecule has 0 aromatic heterocycles. The molecule has 0 aliphatic carbocycles. The highest BCUT2D eigenvalue weighted by atomic mass is 32.2. The van der Waals surface area contributed by atoms with Crippen molar-refractivity contribution in [3.8, 4) is 0 Å². The summed E-state index contributed by atoms with van der Waals surface area (Å²) in [6.07, 6.45) is 2.59. The summed E-state index contributed by atoms with van der Waals surface area (Å²) in [7, 11) is -3.62. The zero-order chi connectivity index (χ0) is 24.0. The summed E-state index contributed by atoms with van der Waals surface area (Å²) in [6.45, 7) is 2.40. The Morgan fingerprint density at radius 1 is 0.909 bits per heavy atom. The van der Waals surface area contributed by atoms with Crippen molar-refractivity contribution in [2.75, 3.05) is 18.4 Å². The average molecular weight is 474 g/mol. The Morgan fingerprint density at radius 2 is 1.45 bits per heavy atom. The van der Waals surface area contributed by atoms with Crippen molar-refractivity contribution in [2.45, 2.75) is 43.6 Å². The molecule has 2 aromatic carbocycles. The molecule has 1 aliphatic heterocycles. The van der Waals surface area contributed by atoms with Gasteiger partial charge in [-0.15, -0.1) is 0 Å². The predicted octanol–water partition coefficient (Wildman–Crippen LogP) is 2.53. The Bertz CT molecular complexity index is 1110. The van der Waals surface area contributed by atoms with Crippen LogP contribution in [0.4, 0.5) is 5.69 Å². The van der Waals surface area contributed by atoms with Gasteiger partial charge in [0.2, 0.25) is 15.9 Å². The van der Waals surface area contributed by atoms with Crippen molar-refractivity contribution in [1.29, 1.82) is 0 Å². The van der Waals surface area contributed by atoms with Gasteiger partial charge in [0.05, 0.1) is 10.5 Å². The largest absolute Gasteiger partial charge is 0.449 e. The minimum absolute atomic E-state index is 0.117. The van der Waals surface area contributed by atoms with Crippen LogP contribution in [-0.4, -0.2) is 49.7 Å².